The lowest BCUT2D eigenvalue weighted by Crippen LogP contribution is -2.48. The molecule has 0 bridgehead atoms. The van der Waals surface area contributed by atoms with E-state index in [1.807, 2.05) is 0 Å². The summed E-state index contributed by atoms with van der Waals surface area (Å²) in [5.41, 5.74) is 8.13. The van der Waals surface area contributed by atoms with Gasteiger partial charge in [-0.25, -0.2) is 0 Å². The van der Waals surface area contributed by atoms with Crippen LogP contribution in [0.3, 0.4) is 0 Å². The molecular weight excluding hydrogens is 412 g/mol. The van der Waals surface area contributed by atoms with Crippen molar-refractivity contribution in [1.82, 2.24) is 4.57 Å². The standard InChI is InChI=1S/C32H30N2/c1-22-11-9-16-27-28-17-7-8-20-32(28,2)34(31(22)27)24-13-10-12-23(21-24)33-29-18-5-3-14-25(29)26-15-4-6-19-30(26)33/h3,5-14,16-22,28,31H,4,15H2,1-2H3/t22?,28?,31-,32?/m0/s1. The molecule has 2 heteroatoms. The van der Waals surface area contributed by atoms with E-state index < -0.39 is 0 Å². The Morgan fingerprint density at radius 2 is 1.82 bits per heavy atom. The third-order valence-electron chi connectivity index (χ3n) is 8.40. The van der Waals surface area contributed by atoms with Crippen molar-refractivity contribution in [2.75, 3.05) is 4.90 Å². The molecule has 2 nitrogen and oxygen atoms in total. The Morgan fingerprint density at radius 3 is 2.76 bits per heavy atom. The minimum absolute atomic E-state index is 0.0672. The van der Waals surface area contributed by atoms with E-state index in [9.17, 15) is 0 Å². The number of nitrogens with zero attached hydrogens (tertiary/aromatic N) is 2. The quantitative estimate of drug-likeness (QED) is 0.401. The fourth-order valence-electron chi connectivity index (χ4n) is 6.91. The van der Waals surface area contributed by atoms with Gasteiger partial charge in [0.2, 0.25) is 0 Å². The number of rotatable bonds is 2. The van der Waals surface area contributed by atoms with Gasteiger partial charge < -0.3 is 9.47 Å². The van der Waals surface area contributed by atoms with Gasteiger partial charge in [0.05, 0.1) is 17.1 Å². The number of aromatic nitrogens is 1. The molecule has 1 fully saturated rings. The van der Waals surface area contributed by atoms with E-state index in [2.05, 4.69) is 127 Å². The molecule has 1 saturated heterocycles. The maximum atomic E-state index is 2.69. The highest BCUT2D eigenvalue weighted by atomic mass is 15.3. The van der Waals surface area contributed by atoms with Crippen molar-refractivity contribution in [2.45, 2.75) is 38.3 Å². The Kier molecular flexibility index (Phi) is 4.24. The molecule has 0 saturated carbocycles. The van der Waals surface area contributed by atoms with E-state index in [1.54, 1.807) is 0 Å². The molecule has 0 radical (unpaired) electrons. The van der Waals surface area contributed by atoms with Crippen LogP contribution in [0.25, 0.3) is 22.7 Å². The predicted molar refractivity (Wildman–Crippen MR) is 143 cm³/mol. The van der Waals surface area contributed by atoms with Crippen molar-refractivity contribution in [2.24, 2.45) is 11.8 Å². The summed E-state index contributed by atoms with van der Waals surface area (Å²) in [5, 5.41) is 1.39. The number of fused-ring (bicyclic) bond motifs is 6. The maximum absolute atomic E-state index is 2.69. The molecule has 3 aromatic rings. The highest BCUT2D eigenvalue weighted by Gasteiger charge is 2.53. The summed E-state index contributed by atoms with van der Waals surface area (Å²) >= 11 is 0. The molecule has 0 amide bonds. The summed E-state index contributed by atoms with van der Waals surface area (Å²) < 4.78 is 2.47. The fourth-order valence-corrected chi connectivity index (χ4v) is 6.91. The predicted octanol–water partition coefficient (Wildman–Crippen LogP) is 7.41. The number of allylic oxidation sites excluding steroid dienone is 5. The zero-order valence-corrected chi connectivity index (χ0v) is 19.9. The molecule has 1 aromatic heterocycles. The Bertz CT molecular complexity index is 1460. The number of benzene rings is 2. The lowest BCUT2D eigenvalue weighted by molar-refractivity contribution is 0.476. The molecule has 3 aliphatic carbocycles. The van der Waals surface area contributed by atoms with E-state index in [1.165, 1.54) is 39.1 Å². The Labute approximate surface area is 201 Å². The van der Waals surface area contributed by atoms with Crippen LogP contribution < -0.4 is 4.90 Å². The van der Waals surface area contributed by atoms with Crippen LogP contribution in [0.4, 0.5) is 5.69 Å². The molecule has 3 unspecified atom stereocenters. The number of anilines is 1. The van der Waals surface area contributed by atoms with Crippen LogP contribution in [0.5, 0.6) is 0 Å². The topological polar surface area (TPSA) is 8.17 Å². The second-order valence-corrected chi connectivity index (χ2v) is 10.4. The van der Waals surface area contributed by atoms with Gasteiger partial charge in [-0.2, -0.15) is 0 Å². The first-order valence-corrected chi connectivity index (χ1v) is 12.6. The second kappa shape index (κ2) is 7.24. The molecule has 2 aromatic carbocycles. The molecule has 0 spiro atoms. The highest BCUT2D eigenvalue weighted by Crippen LogP contribution is 2.52. The van der Waals surface area contributed by atoms with Crippen LogP contribution in [0.1, 0.15) is 31.5 Å². The van der Waals surface area contributed by atoms with Crippen LogP contribution in [0.15, 0.2) is 103 Å². The third kappa shape index (κ3) is 2.63. The summed E-state index contributed by atoms with van der Waals surface area (Å²) in [4.78, 5) is 2.69. The molecule has 2 heterocycles. The van der Waals surface area contributed by atoms with Crippen molar-refractivity contribution in [3.63, 3.8) is 0 Å². The lowest BCUT2D eigenvalue weighted by atomic mass is 9.78. The number of hydrogen-bond acceptors (Lipinski definition) is 1. The van der Waals surface area contributed by atoms with Gasteiger partial charge in [-0.05, 0) is 67.2 Å². The van der Waals surface area contributed by atoms with Gasteiger partial charge in [-0.3, -0.25) is 0 Å². The number of hydrogen-bond donors (Lipinski definition) is 0. The SMILES string of the molecule is CC1C=CC=C2C3C=CC=CC3(C)N(c3cccc(-n4c5c(c6ccccc64)CCC=C5)c3)[C@H]21. The van der Waals surface area contributed by atoms with Crippen LogP contribution in [-0.4, -0.2) is 16.1 Å². The van der Waals surface area contributed by atoms with E-state index in [0.29, 0.717) is 17.9 Å². The van der Waals surface area contributed by atoms with Crippen molar-refractivity contribution >= 4 is 22.7 Å². The Balaban J connectivity index is 1.42. The van der Waals surface area contributed by atoms with E-state index in [-0.39, 0.29) is 5.54 Å². The van der Waals surface area contributed by atoms with Gasteiger partial charge in [-0.1, -0.05) is 79.8 Å². The number of para-hydroxylation sites is 1. The summed E-state index contributed by atoms with van der Waals surface area (Å²) in [5.74, 6) is 0.873. The molecule has 1 aliphatic heterocycles. The van der Waals surface area contributed by atoms with Gasteiger partial charge in [0.25, 0.3) is 0 Å². The summed E-state index contributed by atoms with van der Waals surface area (Å²) in [6.45, 7) is 4.77. The number of aryl methyl sites for hydroxylation is 1. The van der Waals surface area contributed by atoms with Crippen LogP contribution in [-0.2, 0) is 6.42 Å². The zero-order valence-electron chi connectivity index (χ0n) is 19.9. The summed E-state index contributed by atoms with van der Waals surface area (Å²) in [7, 11) is 0. The minimum Gasteiger partial charge on any atom is -0.354 e. The summed E-state index contributed by atoms with van der Waals surface area (Å²) in [6, 6.07) is 18.5. The second-order valence-electron chi connectivity index (χ2n) is 10.4. The Hall–Kier alpha value is -3.52. The fraction of sp³-hybridized carbons (Fsp3) is 0.250. The monoisotopic (exact) mass is 442 g/mol. The van der Waals surface area contributed by atoms with Crippen molar-refractivity contribution in [3.8, 4) is 5.69 Å². The molecule has 168 valence electrons. The first kappa shape index (κ1) is 19.9. The van der Waals surface area contributed by atoms with Crippen molar-refractivity contribution in [3.05, 3.63) is 114 Å². The largest absolute Gasteiger partial charge is 0.354 e. The van der Waals surface area contributed by atoms with Gasteiger partial charge >= 0.3 is 0 Å². The maximum Gasteiger partial charge on any atom is 0.0666 e. The van der Waals surface area contributed by atoms with E-state index in [0.717, 1.165) is 12.8 Å². The molecule has 4 aliphatic rings. The van der Waals surface area contributed by atoms with Gasteiger partial charge in [0, 0.05) is 28.4 Å². The van der Waals surface area contributed by atoms with E-state index in [4.69, 9.17) is 0 Å². The smallest absolute Gasteiger partial charge is 0.0666 e. The van der Waals surface area contributed by atoms with Crippen LogP contribution in [0, 0.1) is 11.8 Å². The van der Waals surface area contributed by atoms with E-state index >= 15 is 0 Å². The molecule has 34 heavy (non-hydrogen) atoms. The minimum atomic E-state index is -0.0672. The zero-order chi connectivity index (χ0) is 22.9. The molecule has 0 N–H and O–H groups in total. The average molecular weight is 443 g/mol. The first-order chi connectivity index (χ1) is 16.7. The third-order valence-corrected chi connectivity index (χ3v) is 8.40. The molecule has 4 atom stereocenters. The molecular formula is C32H30N2. The van der Waals surface area contributed by atoms with Gasteiger partial charge in [0.1, 0.15) is 0 Å². The summed E-state index contributed by atoms with van der Waals surface area (Å²) in [6.07, 6.45) is 23.1. The normalized spacial score (nSPS) is 28.7. The van der Waals surface area contributed by atoms with Gasteiger partial charge in [0.15, 0.2) is 0 Å². The average Bonchev–Trinajstić information content (AvgIpc) is 3.34. The Morgan fingerprint density at radius 1 is 0.941 bits per heavy atom. The van der Waals surface area contributed by atoms with Crippen molar-refractivity contribution in [1.29, 1.82) is 0 Å². The highest BCUT2D eigenvalue weighted by molar-refractivity contribution is 5.91. The lowest BCUT2D eigenvalue weighted by Gasteiger charge is -2.42. The van der Waals surface area contributed by atoms with Crippen LogP contribution >= 0.6 is 0 Å². The van der Waals surface area contributed by atoms with Crippen molar-refractivity contribution < 1.29 is 0 Å². The van der Waals surface area contributed by atoms with Gasteiger partial charge in [-0.15, -0.1) is 0 Å². The first-order valence-electron chi connectivity index (χ1n) is 12.6. The van der Waals surface area contributed by atoms with Crippen LogP contribution in [0.2, 0.25) is 0 Å². The molecule has 7 rings (SSSR count).